The zero-order valence-corrected chi connectivity index (χ0v) is 16.4. The number of carbonyl (C=O) groups excluding carboxylic acids is 1. The third-order valence-electron chi connectivity index (χ3n) is 2.09. The van der Waals surface area contributed by atoms with Crippen LogP contribution in [0.3, 0.4) is 0 Å². The van der Waals surface area contributed by atoms with E-state index in [2.05, 4.69) is 26.2 Å². The number of carbonyl (C=O) groups is 1. The predicted molar refractivity (Wildman–Crippen MR) is 86.9 cm³/mol. The van der Waals surface area contributed by atoms with E-state index < -0.39 is 11.5 Å². The van der Waals surface area contributed by atoms with Crippen molar-refractivity contribution in [3.8, 4) is 0 Å². The number of aliphatic carboxylic acids is 1. The Hall–Kier alpha value is -0.596. The first-order valence-corrected chi connectivity index (χ1v) is 6.87. The fourth-order valence-electron chi connectivity index (χ4n) is 0.474. The molecule has 0 saturated carbocycles. The second kappa shape index (κ2) is 22.7. The van der Waals surface area contributed by atoms with Gasteiger partial charge in [-0.25, -0.2) is 0 Å². The van der Waals surface area contributed by atoms with Gasteiger partial charge in [-0.2, -0.15) is 51.0 Å². The monoisotopic (exact) mass is 347 g/mol. The summed E-state index contributed by atoms with van der Waals surface area (Å²) in [6.07, 6.45) is 2.72. The minimum atomic E-state index is -1.22. The van der Waals surface area contributed by atoms with Crippen molar-refractivity contribution in [1.29, 1.82) is 0 Å². The van der Waals surface area contributed by atoms with E-state index in [1.807, 2.05) is 20.8 Å². The van der Waals surface area contributed by atoms with Gasteiger partial charge in [0, 0.05) is 6.20 Å². The van der Waals surface area contributed by atoms with Crippen molar-refractivity contribution >= 4 is 5.97 Å². The van der Waals surface area contributed by atoms with E-state index in [1.54, 1.807) is 21.1 Å². The maximum atomic E-state index is 10.2. The summed E-state index contributed by atoms with van der Waals surface area (Å²) in [7, 11) is 5.42. The SMILES string of the molecule is CC1(C(=O)[O-])C=CN=N1.CC[N-]C.CC[N-]C.CC[N-]C.[Ti+4]. The molecule has 1 atom stereocenters. The molecule has 1 rings (SSSR count). The third kappa shape index (κ3) is 21.7. The van der Waals surface area contributed by atoms with Gasteiger partial charge in [0.1, 0.15) is 5.54 Å². The average molecular weight is 347 g/mol. The van der Waals surface area contributed by atoms with Gasteiger partial charge in [0.05, 0.1) is 5.97 Å². The fraction of sp³-hybridized carbons (Fsp3) is 0.786. The van der Waals surface area contributed by atoms with Gasteiger partial charge in [-0.15, -0.1) is 0 Å². The zero-order chi connectivity index (χ0) is 17.1. The van der Waals surface area contributed by atoms with Crippen LogP contribution in [-0.4, -0.2) is 52.3 Å². The Morgan fingerprint density at radius 3 is 1.45 bits per heavy atom. The van der Waals surface area contributed by atoms with E-state index in [1.165, 1.54) is 19.2 Å². The Bertz CT molecular complexity index is 259. The molecule has 126 valence electrons. The zero-order valence-electron chi connectivity index (χ0n) is 14.8. The van der Waals surface area contributed by atoms with Crippen molar-refractivity contribution < 1.29 is 31.6 Å². The van der Waals surface area contributed by atoms with Gasteiger partial charge < -0.3 is 25.9 Å². The first-order valence-electron chi connectivity index (χ1n) is 6.87. The topological polar surface area (TPSA) is 107 Å². The first-order chi connectivity index (χ1) is 9.89. The second-order valence-electron chi connectivity index (χ2n) is 3.86. The van der Waals surface area contributed by atoms with Crippen LogP contribution < -0.4 is 5.11 Å². The maximum absolute atomic E-state index is 10.2. The molecule has 1 heterocycles. The van der Waals surface area contributed by atoms with Crippen LogP contribution in [0, 0.1) is 0 Å². The van der Waals surface area contributed by atoms with Crippen molar-refractivity contribution in [2.45, 2.75) is 33.2 Å². The smallest absolute Gasteiger partial charge is 0.665 e. The van der Waals surface area contributed by atoms with Gasteiger partial charge in [-0.3, -0.25) is 0 Å². The van der Waals surface area contributed by atoms with Gasteiger partial charge in [-0.05, 0) is 13.0 Å². The molecular formula is C14H29N5O2Ti. The Morgan fingerprint density at radius 2 is 1.36 bits per heavy atom. The molecule has 1 aliphatic rings. The van der Waals surface area contributed by atoms with Crippen LogP contribution in [0.25, 0.3) is 16.0 Å². The quantitative estimate of drug-likeness (QED) is 0.729. The minimum Gasteiger partial charge on any atom is -0.665 e. The van der Waals surface area contributed by atoms with Crippen molar-refractivity contribution in [2.75, 3.05) is 40.8 Å². The molecule has 1 unspecified atom stereocenters. The van der Waals surface area contributed by atoms with Gasteiger partial charge in [0.2, 0.25) is 0 Å². The Kier molecular flexibility index (Phi) is 30.3. The molecule has 7 nitrogen and oxygen atoms in total. The molecule has 0 radical (unpaired) electrons. The van der Waals surface area contributed by atoms with Crippen LogP contribution >= 0.6 is 0 Å². The standard InChI is InChI=1S/C5H6N2O2.3C3H8N.Ti/c1-5(4(8)9)2-3-6-7-5;3*1-3-4-2;/h2-3H,1H3,(H,8,9);3*3H2,1-2H3;/q;3*-1;+4/p-1. The number of azo groups is 1. The number of carboxylic acids is 1. The molecule has 0 spiro atoms. The summed E-state index contributed by atoms with van der Waals surface area (Å²) in [5.74, 6) is -1.22. The molecule has 8 heteroatoms. The summed E-state index contributed by atoms with van der Waals surface area (Å²) in [5, 5.41) is 28.2. The largest absolute Gasteiger partial charge is 4.00 e. The van der Waals surface area contributed by atoms with Crippen molar-refractivity contribution in [3.05, 3.63) is 28.2 Å². The summed E-state index contributed by atoms with van der Waals surface area (Å²) in [5.41, 5.74) is -1.22. The van der Waals surface area contributed by atoms with E-state index in [4.69, 9.17) is 0 Å². The molecule has 1 aliphatic heterocycles. The van der Waals surface area contributed by atoms with Crippen LogP contribution in [-0.2, 0) is 26.5 Å². The number of rotatable bonds is 4. The molecule has 0 bridgehead atoms. The molecule has 0 aromatic carbocycles. The molecule has 0 amide bonds. The van der Waals surface area contributed by atoms with E-state index in [-0.39, 0.29) is 21.7 Å². The van der Waals surface area contributed by atoms with Gasteiger partial charge in [0.25, 0.3) is 0 Å². The van der Waals surface area contributed by atoms with E-state index in [0.717, 1.165) is 19.6 Å². The number of nitrogens with zero attached hydrogens (tertiary/aromatic N) is 5. The van der Waals surface area contributed by atoms with Crippen LogP contribution in [0.5, 0.6) is 0 Å². The fourth-order valence-corrected chi connectivity index (χ4v) is 0.474. The van der Waals surface area contributed by atoms with Gasteiger partial charge >= 0.3 is 21.7 Å². The molecule has 22 heavy (non-hydrogen) atoms. The van der Waals surface area contributed by atoms with E-state index >= 15 is 0 Å². The summed E-state index contributed by atoms with van der Waals surface area (Å²) in [6, 6.07) is 0. The second-order valence-corrected chi connectivity index (χ2v) is 3.86. The van der Waals surface area contributed by atoms with E-state index in [0.29, 0.717) is 0 Å². The summed E-state index contributed by atoms with van der Waals surface area (Å²) < 4.78 is 0. The van der Waals surface area contributed by atoms with Crippen molar-refractivity contribution in [1.82, 2.24) is 0 Å². The number of hydrogen-bond donors (Lipinski definition) is 0. The molecule has 0 saturated heterocycles. The maximum Gasteiger partial charge on any atom is 4.00 e. The Labute approximate surface area is 150 Å². The first kappa shape index (κ1) is 29.4. The van der Waals surface area contributed by atoms with Crippen LogP contribution in [0.2, 0.25) is 0 Å². The van der Waals surface area contributed by atoms with Crippen LogP contribution in [0.4, 0.5) is 0 Å². The molecule has 0 aliphatic carbocycles. The Balaban J connectivity index is -0.000000107. The molecule has 0 aromatic heterocycles. The minimum absolute atomic E-state index is 0. The molecule has 0 fully saturated rings. The van der Waals surface area contributed by atoms with Gasteiger partial charge in [0.15, 0.2) is 0 Å². The molecule has 0 N–H and O–H groups in total. The molecule has 0 aromatic rings. The normalized spacial score (nSPS) is 16.9. The van der Waals surface area contributed by atoms with Crippen molar-refractivity contribution in [3.63, 3.8) is 0 Å². The number of hydrogen-bond acceptors (Lipinski definition) is 4. The van der Waals surface area contributed by atoms with Crippen LogP contribution in [0.1, 0.15) is 27.7 Å². The molecular weight excluding hydrogens is 318 g/mol. The van der Waals surface area contributed by atoms with Gasteiger partial charge in [-0.1, -0.05) is 20.8 Å². The van der Waals surface area contributed by atoms with Crippen molar-refractivity contribution in [2.24, 2.45) is 10.2 Å². The van der Waals surface area contributed by atoms with Crippen LogP contribution in [0.15, 0.2) is 22.5 Å². The third-order valence-corrected chi connectivity index (χ3v) is 2.09. The number of carboxylic acid groups (broad SMARTS) is 1. The van der Waals surface area contributed by atoms with E-state index in [9.17, 15) is 9.90 Å². The summed E-state index contributed by atoms with van der Waals surface area (Å²) in [4.78, 5) is 10.2. The summed E-state index contributed by atoms with van der Waals surface area (Å²) in [6.45, 7) is 10.3. The predicted octanol–water partition coefficient (Wildman–Crippen LogP) is 2.50. The average Bonchev–Trinajstić information content (AvgIpc) is 2.96. The summed E-state index contributed by atoms with van der Waals surface area (Å²) >= 11 is 0. The Morgan fingerprint density at radius 1 is 1.05 bits per heavy atom.